The molecule has 2 rings (SSSR count). The fourth-order valence-corrected chi connectivity index (χ4v) is 2.91. The second-order valence-electron chi connectivity index (χ2n) is 4.40. The zero-order valence-electron chi connectivity index (χ0n) is 10.3. The Balaban J connectivity index is 2.10. The predicted molar refractivity (Wildman–Crippen MR) is 72.4 cm³/mol. The molecule has 0 fully saturated rings. The summed E-state index contributed by atoms with van der Waals surface area (Å²) >= 11 is 1.31. The highest BCUT2D eigenvalue weighted by atomic mass is 32.2. The first-order valence-electron chi connectivity index (χ1n) is 5.63. The quantitative estimate of drug-likeness (QED) is 0.883. The lowest BCUT2D eigenvalue weighted by molar-refractivity contribution is -0.119. The van der Waals surface area contributed by atoms with Crippen LogP contribution < -0.4 is 5.32 Å². The van der Waals surface area contributed by atoms with Crippen molar-refractivity contribution < 1.29 is 9.59 Å². The molecule has 1 heterocycles. The number of aliphatic imine (C=N–C) groups is 1. The smallest absolute Gasteiger partial charge is 0.264 e. The Morgan fingerprint density at radius 1 is 1.39 bits per heavy atom. The Hall–Kier alpha value is -1.62. The molecule has 0 aromatic heterocycles. The molecule has 4 nitrogen and oxygen atoms in total. The van der Waals surface area contributed by atoms with Gasteiger partial charge in [0.15, 0.2) is 5.17 Å². The minimum absolute atomic E-state index is 0.194. The molecule has 94 valence electrons. The summed E-state index contributed by atoms with van der Waals surface area (Å²) in [5.41, 5.74) is 1.08. The number of carbonyl (C=O) groups is 2. The van der Waals surface area contributed by atoms with Crippen LogP contribution in [0.3, 0.4) is 0 Å². The van der Waals surface area contributed by atoms with E-state index >= 15 is 0 Å². The largest absolute Gasteiger partial charge is 0.305 e. The number of nitrogens with zero attached hydrogens (tertiary/aromatic N) is 1. The molecular weight excluding hydrogens is 248 g/mol. The van der Waals surface area contributed by atoms with E-state index < -0.39 is 4.75 Å². The Bertz CT molecular complexity index is 513. The first-order chi connectivity index (χ1) is 8.49. The van der Waals surface area contributed by atoms with E-state index in [9.17, 15) is 9.59 Å². The van der Waals surface area contributed by atoms with Crippen LogP contribution in [-0.4, -0.2) is 21.7 Å². The standard InChI is InChI=1S/C13H14N2O2S/c1-9(16)14-12-15-11(17)13(2,18-12)8-10-6-4-3-5-7-10/h3-7H,8H2,1-2H3,(H,14,15,16,17). The van der Waals surface area contributed by atoms with E-state index in [0.717, 1.165) is 5.56 Å². The third-order valence-electron chi connectivity index (χ3n) is 2.64. The van der Waals surface area contributed by atoms with E-state index in [1.165, 1.54) is 18.7 Å². The maximum atomic E-state index is 11.9. The van der Waals surface area contributed by atoms with Gasteiger partial charge in [-0.25, -0.2) is 0 Å². The van der Waals surface area contributed by atoms with Crippen molar-refractivity contribution in [1.82, 2.24) is 5.32 Å². The van der Waals surface area contributed by atoms with Crippen molar-refractivity contribution in [1.29, 1.82) is 0 Å². The van der Waals surface area contributed by atoms with Crippen LogP contribution in [0, 0.1) is 0 Å². The van der Waals surface area contributed by atoms with Crippen molar-refractivity contribution in [3.8, 4) is 0 Å². The van der Waals surface area contributed by atoms with Gasteiger partial charge in [0.1, 0.15) is 4.75 Å². The minimum atomic E-state index is -0.626. The van der Waals surface area contributed by atoms with Crippen LogP contribution in [0.5, 0.6) is 0 Å². The van der Waals surface area contributed by atoms with Gasteiger partial charge in [-0.2, -0.15) is 4.99 Å². The Kier molecular flexibility index (Phi) is 3.52. The minimum Gasteiger partial charge on any atom is -0.305 e. The summed E-state index contributed by atoms with van der Waals surface area (Å²) in [4.78, 5) is 26.8. The van der Waals surface area contributed by atoms with Crippen molar-refractivity contribution >= 4 is 28.7 Å². The van der Waals surface area contributed by atoms with Gasteiger partial charge < -0.3 is 5.32 Å². The van der Waals surface area contributed by atoms with E-state index in [0.29, 0.717) is 11.6 Å². The Morgan fingerprint density at radius 3 is 2.67 bits per heavy atom. The molecule has 1 aliphatic heterocycles. The van der Waals surface area contributed by atoms with Crippen LogP contribution in [0.25, 0.3) is 0 Å². The number of amidine groups is 1. The topological polar surface area (TPSA) is 58.5 Å². The zero-order valence-corrected chi connectivity index (χ0v) is 11.1. The number of benzene rings is 1. The molecule has 18 heavy (non-hydrogen) atoms. The van der Waals surface area contributed by atoms with Gasteiger partial charge in [0, 0.05) is 6.92 Å². The lowest BCUT2D eigenvalue weighted by Gasteiger charge is -2.19. The predicted octanol–water partition coefficient (Wildman–Crippen LogP) is 1.75. The zero-order chi connectivity index (χ0) is 13.2. The van der Waals surface area contributed by atoms with Gasteiger partial charge in [-0.15, -0.1) is 0 Å². The summed E-state index contributed by atoms with van der Waals surface area (Å²) < 4.78 is -0.626. The van der Waals surface area contributed by atoms with Gasteiger partial charge in [0.05, 0.1) is 0 Å². The van der Waals surface area contributed by atoms with Gasteiger partial charge in [0.2, 0.25) is 5.91 Å². The number of carbonyl (C=O) groups excluding carboxylic acids is 2. The number of thioether (sulfide) groups is 1. The average molecular weight is 262 g/mol. The van der Waals surface area contributed by atoms with Gasteiger partial charge in [-0.1, -0.05) is 42.1 Å². The Labute approximate surface area is 110 Å². The van der Waals surface area contributed by atoms with E-state index in [4.69, 9.17) is 0 Å². The monoisotopic (exact) mass is 262 g/mol. The van der Waals surface area contributed by atoms with Crippen LogP contribution in [0.15, 0.2) is 35.3 Å². The molecule has 0 radical (unpaired) electrons. The molecule has 1 atom stereocenters. The molecule has 5 heteroatoms. The number of rotatable bonds is 2. The first kappa shape index (κ1) is 12.8. The third kappa shape index (κ3) is 2.79. The fraction of sp³-hybridized carbons (Fsp3) is 0.308. The van der Waals surface area contributed by atoms with Crippen LogP contribution >= 0.6 is 11.8 Å². The van der Waals surface area contributed by atoms with Gasteiger partial charge in [-0.05, 0) is 18.9 Å². The molecule has 0 saturated heterocycles. The van der Waals surface area contributed by atoms with E-state index in [1.807, 2.05) is 37.3 Å². The van der Waals surface area contributed by atoms with Crippen molar-refractivity contribution in [2.24, 2.45) is 4.99 Å². The fourth-order valence-electron chi connectivity index (χ4n) is 1.79. The number of hydrogen-bond acceptors (Lipinski definition) is 3. The maximum Gasteiger partial charge on any atom is 0.264 e. The molecule has 0 aliphatic carbocycles. The highest BCUT2D eigenvalue weighted by Crippen LogP contribution is 2.36. The number of amides is 2. The summed E-state index contributed by atoms with van der Waals surface area (Å²) in [6, 6.07) is 9.79. The molecule has 0 bridgehead atoms. The molecule has 2 amide bonds. The highest BCUT2D eigenvalue weighted by Gasteiger charge is 2.41. The van der Waals surface area contributed by atoms with Crippen LogP contribution in [0.4, 0.5) is 0 Å². The molecule has 0 spiro atoms. The lowest BCUT2D eigenvalue weighted by atomic mass is 10.00. The molecule has 1 aromatic rings. The number of hydrogen-bond donors (Lipinski definition) is 1. The SMILES string of the molecule is CC(=O)NC1=NC(=O)C(C)(Cc2ccccc2)S1. The normalized spacial score (nSPS) is 22.8. The average Bonchev–Trinajstić information content (AvgIpc) is 2.54. The van der Waals surface area contributed by atoms with Gasteiger partial charge in [0.25, 0.3) is 5.91 Å². The lowest BCUT2D eigenvalue weighted by Crippen LogP contribution is -2.31. The maximum absolute atomic E-state index is 11.9. The molecular formula is C13H14N2O2S. The van der Waals surface area contributed by atoms with Crippen molar-refractivity contribution in [3.63, 3.8) is 0 Å². The first-order valence-corrected chi connectivity index (χ1v) is 6.45. The van der Waals surface area contributed by atoms with Crippen LogP contribution in [-0.2, 0) is 16.0 Å². The second-order valence-corrected chi connectivity index (χ2v) is 5.89. The molecule has 0 saturated carbocycles. The summed E-state index contributed by atoms with van der Waals surface area (Å²) in [5.74, 6) is -0.405. The summed E-state index contributed by atoms with van der Waals surface area (Å²) in [6.45, 7) is 3.26. The van der Waals surface area contributed by atoms with E-state index in [-0.39, 0.29) is 11.8 Å². The summed E-state index contributed by atoms with van der Waals surface area (Å²) in [5, 5.41) is 2.96. The van der Waals surface area contributed by atoms with Crippen molar-refractivity contribution in [3.05, 3.63) is 35.9 Å². The highest BCUT2D eigenvalue weighted by molar-refractivity contribution is 8.16. The molecule has 1 aliphatic rings. The van der Waals surface area contributed by atoms with Crippen molar-refractivity contribution in [2.45, 2.75) is 25.0 Å². The summed E-state index contributed by atoms with van der Waals surface area (Å²) in [6.07, 6.45) is 0.601. The Morgan fingerprint density at radius 2 is 2.06 bits per heavy atom. The van der Waals surface area contributed by atoms with Crippen molar-refractivity contribution in [2.75, 3.05) is 0 Å². The van der Waals surface area contributed by atoms with Gasteiger partial charge >= 0.3 is 0 Å². The molecule has 1 aromatic carbocycles. The van der Waals surface area contributed by atoms with E-state index in [2.05, 4.69) is 10.3 Å². The van der Waals surface area contributed by atoms with E-state index in [1.54, 1.807) is 0 Å². The molecule has 1 N–H and O–H groups in total. The van der Waals surface area contributed by atoms with Crippen LogP contribution in [0.2, 0.25) is 0 Å². The number of nitrogens with one attached hydrogen (secondary N) is 1. The van der Waals surface area contributed by atoms with Gasteiger partial charge in [-0.3, -0.25) is 9.59 Å². The second kappa shape index (κ2) is 4.94. The molecule has 1 unspecified atom stereocenters. The third-order valence-corrected chi connectivity index (χ3v) is 3.80. The summed E-state index contributed by atoms with van der Waals surface area (Å²) in [7, 11) is 0. The van der Waals surface area contributed by atoms with Crippen LogP contribution in [0.1, 0.15) is 19.4 Å².